The average Bonchev–Trinajstić information content (AvgIpc) is 2.37. The summed E-state index contributed by atoms with van der Waals surface area (Å²) < 4.78 is 11.0. The minimum Gasteiger partial charge on any atom is -0.492 e. The Labute approximate surface area is 123 Å². The summed E-state index contributed by atoms with van der Waals surface area (Å²) in [6, 6.07) is 5.12. The maximum Gasteiger partial charge on any atom is 0.250 e. The number of anilines is 1. The third kappa shape index (κ3) is 3.85. The Morgan fingerprint density at radius 2 is 2.25 bits per heavy atom. The first kappa shape index (κ1) is 15.1. The summed E-state index contributed by atoms with van der Waals surface area (Å²) in [6.45, 7) is 5.92. The largest absolute Gasteiger partial charge is 0.492 e. The SMILES string of the molecule is CCOc1ccc(Cl)cc1NC(=O)COC1(C)CNC1. The Morgan fingerprint density at radius 3 is 2.85 bits per heavy atom. The van der Waals surface area contributed by atoms with Crippen LogP contribution in [-0.2, 0) is 9.53 Å². The second-order valence-corrected chi connectivity index (χ2v) is 5.40. The monoisotopic (exact) mass is 298 g/mol. The zero-order chi connectivity index (χ0) is 14.6. The van der Waals surface area contributed by atoms with E-state index in [1.54, 1.807) is 18.2 Å². The van der Waals surface area contributed by atoms with Gasteiger partial charge in [0.05, 0.1) is 17.9 Å². The molecule has 5 nitrogen and oxygen atoms in total. The van der Waals surface area contributed by atoms with Crippen LogP contribution in [-0.4, -0.2) is 37.8 Å². The molecule has 1 aromatic rings. The number of hydrogen-bond acceptors (Lipinski definition) is 4. The zero-order valence-corrected chi connectivity index (χ0v) is 12.4. The molecule has 0 aliphatic carbocycles. The van der Waals surface area contributed by atoms with Gasteiger partial charge in [-0.2, -0.15) is 0 Å². The highest BCUT2D eigenvalue weighted by atomic mass is 35.5. The molecule has 110 valence electrons. The van der Waals surface area contributed by atoms with Crippen LogP contribution in [0.1, 0.15) is 13.8 Å². The molecule has 20 heavy (non-hydrogen) atoms. The van der Waals surface area contributed by atoms with Crippen molar-refractivity contribution in [2.24, 2.45) is 0 Å². The predicted molar refractivity (Wildman–Crippen MR) is 78.5 cm³/mol. The van der Waals surface area contributed by atoms with Crippen LogP contribution in [0.15, 0.2) is 18.2 Å². The summed E-state index contributed by atoms with van der Waals surface area (Å²) in [5.74, 6) is 0.378. The molecule has 0 aromatic heterocycles. The zero-order valence-electron chi connectivity index (χ0n) is 11.7. The molecule has 1 saturated heterocycles. The molecule has 1 aliphatic heterocycles. The lowest BCUT2D eigenvalue weighted by Crippen LogP contribution is -2.59. The van der Waals surface area contributed by atoms with Gasteiger partial charge in [-0.1, -0.05) is 11.6 Å². The second-order valence-electron chi connectivity index (χ2n) is 4.96. The van der Waals surface area contributed by atoms with Gasteiger partial charge in [0.2, 0.25) is 0 Å². The molecule has 0 unspecified atom stereocenters. The van der Waals surface area contributed by atoms with Crippen molar-refractivity contribution in [1.82, 2.24) is 5.32 Å². The number of hydrogen-bond donors (Lipinski definition) is 2. The molecule has 1 aliphatic rings. The molecule has 1 heterocycles. The van der Waals surface area contributed by atoms with Gasteiger partial charge < -0.3 is 20.1 Å². The molecular formula is C14H19ClN2O3. The molecule has 2 N–H and O–H groups in total. The highest BCUT2D eigenvalue weighted by Crippen LogP contribution is 2.28. The van der Waals surface area contributed by atoms with E-state index in [0.717, 1.165) is 13.1 Å². The van der Waals surface area contributed by atoms with Crippen molar-refractivity contribution in [2.75, 3.05) is 31.6 Å². The Kier molecular flexibility index (Phi) is 4.86. The molecule has 0 atom stereocenters. The highest BCUT2D eigenvalue weighted by molar-refractivity contribution is 6.31. The Hall–Kier alpha value is -1.30. The fourth-order valence-electron chi connectivity index (χ4n) is 1.89. The number of carbonyl (C=O) groups excluding carboxylic acids is 1. The van der Waals surface area contributed by atoms with Crippen LogP contribution in [0.5, 0.6) is 5.75 Å². The van der Waals surface area contributed by atoms with E-state index in [1.165, 1.54) is 0 Å². The molecule has 0 bridgehead atoms. The number of rotatable bonds is 6. The van der Waals surface area contributed by atoms with Gasteiger partial charge in [0.15, 0.2) is 0 Å². The fraction of sp³-hybridized carbons (Fsp3) is 0.500. The van der Waals surface area contributed by atoms with E-state index in [2.05, 4.69) is 10.6 Å². The van der Waals surface area contributed by atoms with Gasteiger partial charge >= 0.3 is 0 Å². The van der Waals surface area contributed by atoms with Gasteiger partial charge in [0, 0.05) is 18.1 Å². The van der Waals surface area contributed by atoms with Gasteiger partial charge in [-0.25, -0.2) is 0 Å². The number of halogens is 1. The first-order chi connectivity index (χ1) is 9.52. The first-order valence-electron chi connectivity index (χ1n) is 6.59. The van der Waals surface area contributed by atoms with Gasteiger partial charge in [-0.05, 0) is 32.0 Å². The van der Waals surface area contributed by atoms with E-state index in [4.69, 9.17) is 21.1 Å². The quantitative estimate of drug-likeness (QED) is 0.844. The average molecular weight is 299 g/mol. The number of nitrogens with one attached hydrogen (secondary N) is 2. The van der Waals surface area contributed by atoms with Crippen molar-refractivity contribution in [3.05, 3.63) is 23.2 Å². The molecule has 0 saturated carbocycles. The van der Waals surface area contributed by atoms with Crippen molar-refractivity contribution >= 4 is 23.2 Å². The number of ether oxygens (including phenoxy) is 2. The van der Waals surface area contributed by atoms with Crippen molar-refractivity contribution in [2.45, 2.75) is 19.4 Å². The van der Waals surface area contributed by atoms with Crippen LogP contribution >= 0.6 is 11.6 Å². The maximum absolute atomic E-state index is 11.9. The number of carbonyl (C=O) groups is 1. The number of amides is 1. The third-order valence-electron chi connectivity index (χ3n) is 3.07. The lowest BCUT2D eigenvalue weighted by molar-refractivity contribution is -0.130. The van der Waals surface area contributed by atoms with E-state index in [9.17, 15) is 4.79 Å². The van der Waals surface area contributed by atoms with E-state index < -0.39 is 0 Å². The lowest BCUT2D eigenvalue weighted by atomic mass is 10.0. The van der Waals surface area contributed by atoms with Crippen molar-refractivity contribution in [1.29, 1.82) is 0 Å². The van der Waals surface area contributed by atoms with Crippen molar-refractivity contribution in [3.8, 4) is 5.75 Å². The summed E-state index contributed by atoms with van der Waals surface area (Å²) in [7, 11) is 0. The van der Waals surface area contributed by atoms with Gasteiger partial charge in [-0.3, -0.25) is 4.79 Å². The normalized spacial score (nSPS) is 16.4. The summed E-state index contributed by atoms with van der Waals surface area (Å²) in [5.41, 5.74) is 0.318. The smallest absolute Gasteiger partial charge is 0.250 e. The topological polar surface area (TPSA) is 59.6 Å². The Bertz CT molecular complexity index is 489. The van der Waals surface area contributed by atoms with Crippen LogP contribution in [0, 0.1) is 0 Å². The standard InChI is InChI=1S/C14H19ClN2O3/c1-3-19-12-5-4-10(15)6-11(12)17-13(18)7-20-14(2)8-16-9-14/h4-6,16H,3,7-9H2,1-2H3,(H,17,18). The van der Waals surface area contributed by atoms with E-state index in [-0.39, 0.29) is 18.1 Å². The number of benzene rings is 1. The molecule has 6 heteroatoms. The van der Waals surface area contributed by atoms with Gasteiger partial charge in [-0.15, -0.1) is 0 Å². The minimum atomic E-state index is -0.242. The summed E-state index contributed by atoms with van der Waals surface area (Å²) in [4.78, 5) is 11.9. The molecule has 0 spiro atoms. The molecular weight excluding hydrogens is 280 g/mol. The van der Waals surface area contributed by atoms with Crippen molar-refractivity contribution < 1.29 is 14.3 Å². The van der Waals surface area contributed by atoms with Crippen LogP contribution in [0.25, 0.3) is 0 Å². The van der Waals surface area contributed by atoms with Gasteiger partial charge in [0.1, 0.15) is 12.4 Å². The highest BCUT2D eigenvalue weighted by Gasteiger charge is 2.33. The predicted octanol–water partition coefficient (Wildman–Crippen LogP) is 2.06. The van der Waals surface area contributed by atoms with E-state index in [1.807, 2.05) is 13.8 Å². The fourth-order valence-corrected chi connectivity index (χ4v) is 2.06. The van der Waals surface area contributed by atoms with Gasteiger partial charge in [0.25, 0.3) is 5.91 Å². The molecule has 0 radical (unpaired) electrons. The molecule has 2 rings (SSSR count). The van der Waals surface area contributed by atoms with Crippen LogP contribution in [0.3, 0.4) is 0 Å². The third-order valence-corrected chi connectivity index (χ3v) is 3.30. The first-order valence-corrected chi connectivity index (χ1v) is 6.97. The van der Waals surface area contributed by atoms with Crippen molar-refractivity contribution in [3.63, 3.8) is 0 Å². The Balaban J connectivity index is 1.94. The molecule has 1 amide bonds. The van der Waals surface area contributed by atoms with Crippen LogP contribution in [0.2, 0.25) is 5.02 Å². The minimum absolute atomic E-state index is 0.0102. The lowest BCUT2D eigenvalue weighted by Gasteiger charge is -2.38. The van der Waals surface area contributed by atoms with Crippen LogP contribution in [0.4, 0.5) is 5.69 Å². The molecule has 1 fully saturated rings. The summed E-state index contributed by atoms with van der Waals surface area (Å²) in [6.07, 6.45) is 0. The Morgan fingerprint density at radius 1 is 1.50 bits per heavy atom. The summed E-state index contributed by atoms with van der Waals surface area (Å²) in [5, 5.41) is 6.42. The second kappa shape index (κ2) is 6.43. The van der Waals surface area contributed by atoms with E-state index >= 15 is 0 Å². The maximum atomic E-state index is 11.9. The summed E-state index contributed by atoms with van der Waals surface area (Å²) >= 11 is 5.94. The van der Waals surface area contributed by atoms with E-state index in [0.29, 0.717) is 23.1 Å². The van der Waals surface area contributed by atoms with Crippen LogP contribution < -0.4 is 15.4 Å². The molecule has 1 aromatic carbocycles.